The van der Waals surface area contributed by atoms with Gasteiger partial charge in [0, 0.05) is 37.2 Å². The third-order valence-electron chi connectivity index (χ3n) is 5.27. The van der Waals surface area contributed by atoms with E-state index in [1.165, 1.54) is 5.56 Å². The number of aryl methyl sites for hydroxylation is 1. The van der Waals surface area contributed by atoms with E-state index in [2.05, 4.69) is 5.32 Å². The molecule has 0 saturated carbocycles. The van der Waals surface area contributed by atoms with Crippen LogP contribution in [-0.2, 0) is 11.2 Å². The van der Waals surface area contributed by atoms with E-state index in [4.69, 9.17) is 9.47 Å². The Balaban J connectivity index is 1.48. The monoisotopic (exact) mass is 396 g/mol. The number of nitrogens with zero attached hydrogens (tertiary/aromatic N) is 1. The fourth-order valence-corrected chi connectivity index (χ4v) is 3.53. The average molecular weight is 396 g/mol. The number of benzene rings is 2. The fraction of sp³-hybridized carbons (Fsp3) is 0.391. The number of nitrogens with one attached hydrogen (secondary N) is 1. The minimum Gasteiger partial charge on any atom is -0.497 e. The van der Waals surface area contributed by atoms with Crippen LogP contribution >= 0.6 is 0 Å². The number of likely N-dealkylation sites (tertiary alicyclic amines) is 1. The summed E-state index contributed by atoms with van der Waals surface area (Å²) >= 11 is 0. The first-order chi connectivity index (χ1) is 14.1. The molecule has 1 heterocycles. The Hall–Kier alpha value is -3.02. The Kier molecular flexibility index (Phi) is 7.11. The molecule has 1 aliphatic rings. The second kappa shape index (κ2) is 9.96. The first-order valence-corrected chi connectivity index (χ1v) is 9.94. The summed E-state index contributed by atoms with van der Waals surface area (Å²) in [7, 11) is 3.11. The van der Waals surface area contributed by atoms with Crippen molar-refractivity contribution in [3.63, 3.8) is 0 Å². The van der Waals surface area contributed by atoms with E-state index in [0.29, 0.717) is 36.6 Å². The van der Waals surface area contributed by atoms with Crippen molar-refractivity contribution in [3.8, 4) is 11.5 Å². The van der Waals surface area contributed by atoms with Gasteiger partial charge in [-0.2, -0.15) is 0 Å². The van der Waals surface area contributed by atoms with Crippen molar-refractivity contribution in [3.05, 3.63) is 59.7 Å². The number of piperidine rings is 1. The molecule has 0 spiro atoms. The van der Waals surface area contributed by atoms with E-state index in [1.54, 1.807) is 32.4 Å². The molecule has 0 atom stereocenters. The van der Waals surface area contributed by atoms with E-state index < -0.39 is 0 Å². The van der Waals surface area contributed by atoms with Crippen LogP contribution in [0.2, 0.25) is 0 Å². The smallest absolute Gasteiger partial charge is 0.251 e. The molecule has 6 nitrogen and oxygen atoms in total. The van der Waals surface area contributed by atoms with Crippen LogP contribution in [-0.4, -0.2) is 50.1 Å². The van der Waals surface area contributed by atoms with Crippen LogP contribution < -0.4 is 14.8 Å². The standard InChI is InChI=1S/C23H28N2O4/c1-28-20-14-18(15-21(16-20)29-2)23(27)24-19-10-12-25(13-11-19)22(26)9-8-17-6-4-3-5-7-17/h3-7,14-16,19H,8-13H2,1-2H3,(H,24,27). The summed E-state index contributed by atoms with van der Waals surface area (Å²) in [5, 5.41) is 3.07. The Labute approximate surface area is 171 Å². The lowest BCUT2D eigenvalue weighted by molar-refractivity contribution is -0.132. The van der Waals surface area contributed by atoms with Crippen LogP contribution in [0.5, 0.6) is 11.5 Å². The van der Waals surface area contributed by atoms with Crippen LogP contribution in [0.15, 0.2) is 48.5 Å². The first-order valence-electron chi connectivity index (χ1n) is 9.94. The predicted molar refractivity (Wildman–Crippen MR) is 111 cm³/mol. The van der Waals surface area contributed by atoms with Gasteiger partial charge in [-0.15, -0.1) is 0 Å². The number of carbonyl (C=O) groups is 2. The lowest BCUT2D eigenvalue weighted by Gasteiger charge is -2.32. The quantitative estimate of drug-likeness (QED) is 0.781. The maximum atomic E-state index is 12.6. The summed E-state index contributed by atoms with van der Waals surface area (Å²) in [5.74, 6) is 1.17. The van der Waals surface area contributed by atoms with Crippen molar-refractivity contribution in [1.82, 2.24) is 10.2 Å². The molecular formula is C23H28N2O4. The molecule has 3 rings (SSSR count). The van der Waals surface area contributed by atoms with Crippen LogP contribution in [0.25, 0.3) is 0 Å². The van der Waals surface area contributed by atoms with Crippen molar-refractivity contribution >= 4 is 11.8 Å². The van der Waals surface area contributed by atoms with Crippen molar-refractivity contribution in [2.75, 3.05) is 27.3 Å². The highest BCUT2D eigenvalue weighted by atomic mass is 16.5. The molecule has 1 aliphatic heterocycles. The molecule has 29 heavy (non-hydrogen) atoms. The number of amides is 2. The Morgan fingerprint density at radius 1 is 1.00 bits per heavy atom. The van der Waals surface area contributed by atoms with E-state index in [1.807, 2.05) is 35.2 Å². The molecule has 2 aromatic rings. The topological polar surface area (TPSA) is 67.9 Å². The molecule has 2 amide bonds. The molecule has 1 saturated heterocycles. The molecule has 0 unspecified atom stereocenters. The van der Waals surface area contributed by atoms with Gasteiger partial charge in [-0.3, -0.25) is 9.59 Å². The lowest BCUT2D eigenvalue weighted by atomic mass is 10.0. The van der Waals surface area contributed by atoms with Gasteiger partial charge in [0.25, 0.3) is 5.91 Å². The summed E-state index contributed by atoms with van der Waals surface area (Å²) in [6, 6.07) is 15.2. The number of ether oxygens (including phenoxy) is 2. The van der Waals surface area contributed by atoms with Gasteiger partial charge in [0.05, 0.1) is 14.2 Å². The van der Waals surface area contributed by atoms with Gasteiger partial charge in [-0.25, -0.2) is 0 Å². The molecule has 2 aromatic carbocycles. The second-order valence-electron chi connectivity index (χ2n) is 7.22. The largest absolute Gasteiger partial charge is 0.497 e. The second-order valence-corrected chi connectivity index (χ2v) is 7.22. The van der Waals surface area contributed by atoms with Crippen LogP contribution in [0.4, 0.5) is 0 Å². The van der Waals surface area contributed by atoms with Gasteiger partial charge in [-0.05, 0) is 37.0 Å². The maximum absolute atomic E-state index is 12.6. The molecule has 0 radical (unpaired) electrons. The van der Waals surface area contributed by atoms with E-state index in [0.717, 1.165) is 19.3 Å². The van der Waals surface area contributed by atoms with Gasteiger partial charge < -0.3 is 19.7 Å². The van der Waals surface area contributed by atoms with Crippen molar-refractivity contribution in [2.45, 2.75) is 31.7 Å². The number of rotatable bonds is 7. The Bertz CT molecular complexity index is 808. The van der Waals surface area contributed by atoms with E-state index >= 15 is 0 Å². The molecule has 0 bridgehead atoms. The summed E-state index contributed by atoms with van der Waals surface area (Å²) < 4.78 is 10.5. The van der Waals surface area contributed by atoms with Gasteiger partial charge in [-0.1, -0.05) is 30.3 Å². The summed E-state index contributed by atoms with van der Waals surface area (Å²) in [4.78, 5) is 27.0. The summed E-state index contributed by atoms with van der Waals surface area (Å²) in [6.07, 6.45) is 2.78. The summed E-state index contributed by atoms with van der Waals surface area (Å²) in [5.41, 5.74) is 1.68. The van der Waals surface area contributed by atoms with Crippen molar-refractivity contribution in [1.29, 1.82) is 0 Å². The third kappa shape index (κ3) is 5.73. The highest BCUT2D eigenvalue weighted by Gasteiger charge is 2.24. The third-order valence-corrected chi connectivity index (χ3v) is 5.27. The van der Waals surface area contributed by atoms with Crippen LogP contribution in [0.1, 0.15) is 35.2 Å². The zero-order valence-electron chi connectivity index (χ0n) is 17.0. The molecule has 154 valence electrons. The highest BCUT2D eigenvalue weighted by Crippen LogP contribution is 2.23. The number of methoxy groups -OCH3 is 2. The molecule has 0 aromatic heterocycles. The van der Waals surface area contributed by atoms with Gasteiger partial charge in [0.1, 0.15) is 11.5 Å². The Morgan fingerprint density at radius 2 is 1.62 bits per heavy atom. The average Bonchev–Trinajstić information content (AvgIpc) is 2.78. The molecular weight excluding hydrogens is 368 g/mol. The van der Waals surface area contributed by atoms with Gasteiger partial charge in [0.2, 0.25) is 5.91 Å². The first kappa shape index (κ1) is 20.7. The summed E-state index contributed by atoms with van der Waals surface area (Å²) in [6.45, 7) is 1.33. The fourth-order valence-electron chi connectivity index (χ4n) is 3.53. The molecule has 6 heteroatoms. The predicted octanol–water partition coefficient (Wildman–Crippen LogP) is 3.06. The number of carbonyl (C=O) groups excluding carboxylic acids is 2. The van der Waals surface area contributed by atoms with Crippen molar-refractivity contribution in [2.24, 2.45) is 0 Å². The van der Waals surface area contributed by atoms with E-state index in [-0.39, 0.29) is 17.9 Å². The lowest BCUT2D eigenvalue weighted by Crippen LogP contribution is -2.46. The van der Waals surface area contributed by atoms with Gasteiger partial charge >= 0.3 is 0 Å². The number of hydrogen-bond donors (Lipinski definition) is 1. The normalized spacial score (nSPS) is 14.3. The zero-order valence-corrected chi connectivity index (χ0v) is 17.0. The molecule has 1 fully saturated rings. The minimum absolute atomic E-state index is 0.0536. The van der Waals surface area contributed by atoms with E-state index in [9.17, 15) is 9.59 Å². The molecule has 0 aliphatic carbocycles. The number of hydrogen-bond acceptors (Lipinski definition) is 4. The highest BCUT2D eigenvalue weighted by molar-refractivity contribution is 5.95. The maximum Gasteiger partial charge on any atom is 0.251 e. The minimum atomic E-state index is -0.156. The van der Waals surface area contributed by atoms with Crippen LogP contribution in [0.3, 0.4) is 0 Å². The zero-order chi connectivity index (χ0) is 20.6. The van der Waals surface area contributed by atoms with Crippen LogP contribution in [0, 0.1) is 0 Å². The van der Waals surface area contributed by atoms with Crippen molar-refractivity contribution < 1.29 is 19.1 Å². The van der Waals surface area contributed by atoms with Gasteiger partial charge in [0.15, 0.2) is 0 Å². The Morgan fingerprint density at radius 3 is 2.21 bits per heavy atom. The SMILES string of the molecule is COc1cc(OC)cc(C(=O)NC2CCN(C(=O)CCc3ccccc3)CC2)c1. The molecule has 1 N–H and O–H groups in total.